The Kier molecular flexibility index (Phi) is 5.72. The molecule has 3 nitrogen and oxygen atoms in total. The fraction of sp³-hybridized carbons (Fsp3) is 0.889. The maximum absolute atomic E-state index is 10.4. The molecule has 0 aromatic heterocycles. The highest BCUT2D eigenvalue weighted by molar-refractivity contribution is 5.67. The normalized spacial score (nSPS) is 13.3. The van der Waals surface area contributed by atoms with E-state index in [1.165, 1.54) is 0 Å². The standard InChI is InChI=1S/C9H19NO2/c1-4-5-10-8(7(2)3)6-9(11)12/h7-8,10H,4-6H2,1-3H3,(H,11,12). The molecule has 0 radical (unpaired) electrons. The third-order valence-electron chi connectivity index (χ3n) is 1.86. The molecule has 0 amide bonds. The Bertz CT molecular complexity index is 134. The van der Waals surface area contributed by atoms with Gasteiger partial charge in [-0.1, -0.05) is 20.8 Å². The van der Waals surface area contributed by atoms with Gasteiger partial charge in [-0.15, -0.1) is 0 Å². The number of carbonyl (C=O) groups is 1. The van der Waals surface area contributed by atoms with Crippen molar-refractivity contribution >= 4 is 5.97 Å². The highest BCUT2D eigenvalue weighted by atomic mass is 16.4. The summed E-state index contributed by atoms with van der Waals surface area (Å²) < 4.78 is 0. The molecule has 0 aliphatic carbocycles. The second-order valence-electron chi connectivity index (χ2n) is 3.40. The number of carboxylic acid groups (broad SMARTS) is 1. The average molecular weight is 173 g/mol. The molecular weight excluding hydrogens is 154 g/mol. The van der Waals surface area contributed by atoms with Crippen molar-refractivity contribution < 1.29 is 9.90 Å². The number of nitrogens with one attached hydrogen (secondary N) is 1. The predicted molar refractivity (Wildman–Crippen MR) is 49.2 cm³/mol. The first kappa shape index (κ1) is 11.4. The molecule has 0 aliphatic rings. The average Bonchev–Trinajstić information content (AvgIpc) is 1.96. The number of hydrogen-bond acceptors (Lipinski definition) is 2. The first-order valence-corrected chi connectivity index (χ1v) is 4.53. The molecule has 0 bridgehead atoms. The van der Waals surface area contributed by atoms with Gasteiger partial charge in [-0.25, -0.2) is 0 Å². The molecule has 2 N–H and O–H groups in total. The fourth-order valence-electron chi connectivity index (χ4n) is 1.06. The second-order valence-corrected chi connectivity index (χ2v) is 3.40. The van der Waals surface area contributed by atoms with Crippen molar-refractivity contribution in [3.8, 4) is 0 Å². The molecule has 0 rings (SSSR count). The quantitative estimate of drug-likeness (QED) is 0.639. The summed E-state index contributed by atoms with van der Waals surface area (Å²) in [5.41, 5.74) is 0. The van der Waals surface area contributed by atoms with Gasteiger partial charge in [0.2, 0.25) is 0 Å². The largest absolute Gasteiger partial charge is 0.481 e. The van der Waals surface area contributed by atoms with Gasteiger partial charge in [0, 0.05) is 6.04 Å². The summed E-state index contributed by atoms with van der Waals surface area (Å²) in [6.45, 7) is 7.05. The van der Waals surface area contributed by atoms with Crippen LogP contribution in [0.2, 0.25) is 0 Å². The summed E-state index contributed by atoms with van der Waals surface area (Å²) in [6, 6.07) is 0.113. The minimum atomic E-state index is -0.725. The van der Waals surface area contributed by atoms with Crippen LogP contribution in [-0.4, -0.2) is 23.7 Å². The maximum Gasteiger partial charge on any atom is 0.304 e. The zero-order valence-corrected chi connectivity index (χ0v) is 8.13. The second kappa shape index (κ2) is 6.00. The van der Waals surface area contributed by atoms with Crippen LogP contribution >= 0.6 is 0 Å². The van der Waals surface area contributed by atoms with E-state index in [2.05, 4.69) is 12.2 Å². The van der Waals surface area contributed by atoms with Gasteiger partial charge < -0.3 is 10.4 Å². The molecule has 0 heterocycles. The van der Waals surface area contributed by atoms with Crippen LogP contribution in [0.4, 0.5) is 0 Å². The molecule has 1 atom stereocenters. The molecule has 0 spiro atoms. The van der Waals surface area contributed by atoms with E-state index in [9.17, 15) is 4.79 Å². The predicted octanol–water partition coefficient (Wildman–Crippen LogP) is 1.49. The Morgan fingerprint density at radius 3 is 2.42 bits per heavy atom. The van der Waals surface area contributed by atoms with E-state index in [1.54, 1.807) is 0 Å². The third-order valence-corrected chi connectivity index (χ3v) is 1.86. The molecule has 0 aromatic rings. The van der Waals surface area contributed by atoms with Gasteiger partial charge in [-0.05, 0) is 18.9 Å². The number of carboxylic acids is 1. The Balaban J connectivity index is 3.78. The van der Waals surface area contributed by atoms with Crippen molar-refractivity contribution in [2.24, 2.45) is 5.92 Å². The Morgan fingerprint density at radius 2 is 2.08 bits per heavy atom. The summed E-state index contributed by atoms with van der Waals surface area (Å²) in [5.74, 6) is -0.343. The topological polar surface area (TPSA) is 49.3 Å². The van der Waals surface area contributed by atoms with E-state index in [0.29, 0.717) is 5.92 Å². The zero-order chi connectivity index (χ0) is 9.56. The van der Waals surface area contributed by atoms with Crippen LogP contribution in [0.3, 0.4) is 0 Å². The highest BCUT2D eigenvalue weighted by Crippen LogP contribution is 2.05. The van der Waals surface area contributed by atoms with Crippen LogP contribution in [0.15, 0.2) is 0 Å². The molecule has 72 valence electrons. The maximum atomic E-state index is 10.4. The first-order chi connectivity index (χ1) is 5.57. The Hall–Kier alpha value is -0.570. The molecular formula is C9H19NO2. The van der Waals surface area contributed by atoms with Crippen molar-refractivity contribution in [2.45, 2.75) is 39.7 Å². The zero-order valence-electron chi connectivity index (χ0n) is 8.13. The Labute approximate surface area is 74.2 Å². The molecule has 0 fully saturated rings. The lowest BCUT2D eigenvalue weighted by Gasteiger charge is -2.19. The van der Waals surface area contributed by atoms with E-state index in [-0.39, 0.29) is 12.5 Å². The summed E-state index contributed by atoms with van der Waals surface area (Å²) >= 11 is 0. The van der Waals surface area contributed by atoms with Crippen molar-refractivity contribution in [1.82, 2.24) is 5.32 Å². The van der Waals surface area contributed by atoms with Gasteiger partial charge in [0.1, 0.15) is 0 Å². The monoisotopic (exact) mass is 173 g/mol. The smallest absolute Gasteiger partial charge is 0.304 e. The lowest BCUT2D eigenvalue weighted by Crippen LogP contribution is -2.36. The number of hydrogen-bond donors (Lipinski definition) is 2. The van der Waals surface area contributed by atoms with Gasteiger partial charge >= 0.3 is 5.97 Å². The summed E-state index contributed by atoms with van der Waals surface area (Å²) in [5, 5.41) is 11.8. The van der Waals surface area contributed by atoms with Crippen LogP contribution < -0.4 is 5.32 Å². The van der Waals surface area contributed by atoms with Crippen LogP contribution in [0, 0.1) is 5.92 Å². The van der Waals surface area contributed by atoms with Crippen molar-refractivity contribution in [3.05, 3.63) is 0 Å². The molecule has 12 heavy (non-hydrogen) atoms. The van der Waals surface area contributed by atoms with Crippen LogP contribution in [0.25, 0.3) is 0 Å². The SMILES string of the molecule is CCCNC(CC(=O)O)C(C)C. The van der Waals surface area contributed by atoms with E-state index in [0.717, 1.165) is 13.0 Å². The minimum Gasteiger partial charge on any atom is -0.481 e. The van der Waals surface area contributed by atoms with Crippen LogP contribution in [0.5, 0.6) is 0 Å². The van der Waals surface area contributed by atoms with Gasteiger partial charge in [-0.2, -0.15) is 0 Å². The summed E-state index contributed by atoms with van der Waals surface area (Å²) in [6.07, 6.45) is 1.26. The molecule has 3 heteroatoms. The van der Waals surface area contributed by atoms with Crippen LogP contribution in [-0.2, 0) is 4.79 Å². The Morgan fingerprint density at radius 1 is 1.50 bits per heavy atom. The van der Waals surface area contributed by atoms with Gasteiger partial charge in [0.25, 0.3) is 0 Å². The van der Waals surface area contributed by atoms with E-state index in [1.807, 2.05) is 13.8 Å². The molecule has 1 unspecified atom stereocenters. The fourth-order valence-corrected chi connectivity index (χ4v) is 1.06. The summed E-state index contributed by atoms with van der Waals surface area (Å²) in [4.78, 5) is 10.4. The molecule has 0 saturated carbocycles. The number of aliphatic carboxylic acids is 1. The summed E-state index contributed by atoms with van der Waals surface area (Å²) in [7, 11) is 0. The lowest BCUT2D eigenvalue weighted by molar-refractivity contribution is -0.137. The van der Waals surface area contributed by atoms with Gasteiger partial charge in [0.15, 0.2) is 0 Å². The van der Waals surface area contributed by atoms with Gasteiger partial charge in [-0.3, -0.25) is 4.79 Å². The lowest BCUT2D eigenvalue weighted by atomic mass is 10.0. The minimum absolute atomic E-state index is 0.113. The molecule has 0 aliphatic heterocycles. The van der Waals surface area contributed by atoms with Crippen LogP contribution in [0.1, 0.15) is 33.6 Å². The van der Waals surface area contributed by atoms with E-state index in [4.69, 9.17) is 5.11 Å². The molecule has 0 aromatic carbocycles. The highest BCUT2D eigenvalue weighted by Gasteiger charge is 2.15. The molecule has 0 saturated heterocycles. The third kappa shape index (κ3) is 5.13. The van der Waals surface area contributed by atoms with Crippen molar-refractivity contribution in [3.63, 3.8) is 0 Å². The first-order valence-electron chi connectivity index (χ1n) is 4.53. The van der Waals surface area contributed by atoms with Crippen molar-refractivity contribution in [2.75, 3.05) is 6.54 Å². The van der Waals surface area contributed by atoms with E-state index >= 15 is 0 Å². The van der Waals surface area contributed by atoms with Gasteiger partial charge in [0.05, 0.1) is 6.42 Å². The van der Waals surface area contributed by atoms with E-state index < -0.39 is 5.97 Å². The van der Waals surface area contributed by atoms with Crippen molar-refractivity contribution in [1.29, 1.82) is 0 Å². The number of rotatable bonds is 6.